The molecule has 5 heterocycles. The molecule has 27 nitrogen and oxygen atoms in total. The Bertz CT molecular complexity index is 4830. The number of benzene rings is 5. The lowest BCUT2D eigenvalue weighted by Gasteiger charge is -2.69. The molecule has 582 valence electrons. The summed E-state index contributed by atoms with van der Waals surface area (Å²) in [5.41, 5.74) is 9.56. The van der Waals surface area contributed by atoms with E-state index in [0.717, 1.165) is 109 Å². The Morgan fingerprint density at radius 1 is 0.703 bits per heavy atom. The van der Waals surface area contributed by atoms with Gasteiger partial charge in [-0.15, -0.1) is 0 Å². The van der Waals surface area contributed by atoms with Crippen LogP contribution in [-0.4, -0.2) is 167 Å². The highest BCUT2D eigenvalue weighted by atomic mass is 32.1. The Labute approximate surface area is 645 Å². The van der Waals surface area contributed by atoms with E-state index in [1.54, 1.807) is 37.5 Å². The SMILES string of the molecule is CC(=O)OC[C@H]1O[C@@H](Oc2ccc(COC(=O)N(C)CCOC34CC5(C)CC(C)(CC(Cn6ncc(-c7ccc(N8CCc9cccc(C(=O)Nc%10nc%11ccccc%11s%10)c9C8)nc7C(=O)O)c6C)(C5)C3)C4)cc2NCCCNC(=O)OCC2c3ccccc3-c3ccccc32)[C@H](OC(C)=O)[C@@H](OC(C)=O)[C@H]1OC(C)=O. The Kier molecular flexibility index (Phi) is 22.0. The van der Waals surface area contributed by atoms with Gasteiger partial charge in [0.1, 0.15) is 37.5 Å². The number of carbonyl (C=O) groups is 8. The summed E-state index contributed by atoms with van der Waals surface area (Å²) in [5, 5.41) is 25.5. The summed E-state index contributed by atoms with van der Waals surface area (Å²) < 4.78 is 56.9. The molecule has 1 saturated heterocycles. The molecular weight excluding hydrogens is 1440 g/mol. The van der Waals surface area contributed by atoms with E-state index >= 15 is 0 Å². The van der Waals surface area contributed by atoms with Crippen LogP contribution >= 0.6 is 11.3 Å². The molecule has 4 bridgehead atoms. The fourth-order valence-corrected chi connectivity index (χ4v) is 19.5. The molecule has 8 aromatic rings. The van der Waals surface area contributed by atoms with E-state index in [1.807, 2.05) is 101 Å². The van der Waals surface area contributed by atoms with Crippen LogP contribution in [0.1, 0.15) is 147 Å². The number of amides is 3. The first-order chi connectivity index (χ1) is 53.2. The van der Waals surface area contributed by atoms with Gasteiger partial charge in [-0.2, -0.15) is 5.10 Å². The second-order valence-electron chi connectivity index (χ2n) is 31.0. The number of carboxylic acids is 1. The second kappa shape index (κ2) is 31.8. The predicted molar refractivity (Wildman–Crippen MR) is 409 cm³/mol. The first-order valence-electron chi connectivity index (χ1n) is 37.5. The number of hydrogen-bond donors (Lipinski definition) is 4. The molecule has 4 N–H and O–H groups in total. The smallest absolute Gasteiger partial charge is 0.409 e. The van der Waals surface area contributed by atoms with E-state index in [0.29, 0.717) is 71.4 Å². The third-order valence-corrected chi connectivity index (χ3v) is 22.9. The van der Waals surface area contributed by atoms with Gasteiger partial charge in [-0.05, 0) is 156 Å². The number of nitrogens with one attached hydrogen (secondary N) is 3. The number of thiazole rings is 1. The highest BCUT2D eigenvalue weighted by molar-refractivity contribution is 7.22. The quantitative estimate of drug-likeness (QED) is 0.0211. The van der Waals surface area contributed by atoms with Crippen molar-refractivity contribution >= 4 is 86.1 Å². The fourth-order valence-electron chi connectivity index (χ4n) is 18.6. The van der Waals surface area contributed by atoms with Crippen LogP contribution in [0.25, 0.3) is 32.5 Å². The van der Waals surface area contributed by atoms with Crippen molar-refractivity contribution in [2.45, 2.75) is 162 Å². The summed E-state index contributed by atoms with van der Waals surface area (Å²) in [5.74, 6) is -4.06. The molecule has 5 aromatic carbocycles. The van der Waals surface area contributed by atoms with Crippen molar-refractivity contribution in [3.63, 3.8) is 0 Å². The lowest BCUT2D eigenvalue weighted by Crippen LogP contribution is -2.64. The van der Waals surface area contributed by atoms with E-state index in [4.69, 9.17) is 52.7 Å². The molecule has 0 radical (unpaired) electrons. The molecule has 0 spiro atoms. The number of para-hydroxylation sites is 1. The number of esters is 4. The van der Waals surface area contributed by atoms with Crippen molar-refractivity contribution in [2.24, 2.45) is 16.2 Å². The van der Waals surface area contributed by atoms with Crippen LogP contribution in [0.15, 0.2) is 128 Å². The number of carbonyl (C=O) groups excluding carboxylic acids is 7. The van der Waals surface area contributed by atoms with E-state index in [9.17, 15) is 43.5 Å². The van der Waals surface area contributed by atoms with Crippen LogP contribution in [0.5, 0.6) is 5.75 Å². The Morgan fingerprint density at radius 2 is 1.41 bits per heavy atom. The van der Waals surface area contributed by atoms with Gasteiger partial charge < -0.3 is 68.2 Å². The highest BCUT2D eigenvalue weighted by Gasteiger charge is 2.66. The lowest BCUT2D eigenvalue weighted by atomic mass is 9.39. The van der Waals surface area contributed by atoms with Gasteiger partial charge in [0.2, 0.25) is 12.4 Å². The number of fused-ring (bicyclic) bond motifs is 5. The number of pyridine rings is 1. The van der Waals surface area contributed by atoms with Gasteiger partial charge in [-0.3, -0.25) is 34.0 Å². The number of hydrogen-bond acceptors (Lipinski definition) is 23. The van der Waals surface area contributed by atoms with E-state index in [2.05, 4.69) is 46.9 Å². The number of ether oxygens (including phenoxy) is 9. The minimum absolute atomic E-state index is 0.0391. The summed E-state index contributed by atoms with van der Waals surface area (Å²) in [6.45, 7) is 13.1. The first-order valence-corrected chi connectivity index (χ1v) is 38.3. The fraction of sp³-hybridized carbons (Fsp3) is 0.434. The van der Waals surface area contributed by atoms with E-state index in [-0.39, 0.29) is 79.0 Å². The van der Waals surface area contributed by atoms with Crippen molar-refractivity contribution in [2.75, 3.05) is 68.6 Å². The number of aromatic carboxylic acids is 1. The van der Waals surface area contributed by atoms with Gasteiger partial charge in [-0.1, -0.05) is 104 Å². The lowest BCUT2D eigenvalue weighted by molar-refractivity contribution is -0.288. The van der Waals surface area contributed by atoms with Gasteiger partial charge in [0, 0.05) is 102 Å². The van der Waals surface area contributed by atoms with Gasteiger partial charge in [-0.25, -0.2) is 24.4 Å². The number of aromatic nitrogens is 4. The van der Waals surface area contributed by atoms with Crippen LogP contribution in [-0.2, 0) is 83.2 Å². The topological polar surface area (TPSA) is 326 Å². The van der Waals surface area contributed by atoms with Crippen molar-refractivity contribution < 1.29 is 86.1 Å². The molecule has 2 aliphatic heterocycles. The zero-order chi connectivity index (χ0) is 78.1. The van der Waals surface area contributed by atoms with Crippen LogP contribution in [0.3, 0.4) is 0 Å². The second-order valence-corrected chi connectivity index (χ2v) is 32.0. The molecule has 2 unspecified atom stereocenters. The van der Waals surface area contributed by atoms with Gasteiger partial charge in [0.05, 0.1) is 34.3 Å². The molecule has 28 heteroatoms. The molecule has 15 rings (SSSR count). The van der Waals surface area contributed by atoms with E-state index < -0.39 is 84.9 Å². The summed E-state index contributed by atoms with van der Waals surface area (Å²) >= 11 is 1.41. The summed E-state index contributed by atoms with van der Waals surface area (Å²) in [7, 11) is 1.65. The number of anilines is 3. The van der Waals surface area contributed by atoms with Crippen molar-refractivity contribution in [1.82, 2.24) is 30.0 Å². The summed E-state index contributed by atoms with van der Waals surface area (Å²) in [6, 6.07) is 38.1. The molecular formula is C83H91N9O18S. The summed E-state index contributed by atoms with van der Waals surface area (Å²) in [6.07, 6.45) is -0.315. The van der Waals surface area contributed by atoms with E-state index in [1.165, 1.54) is 23.2 Å². The molecule has 4 saturated carbocycles. The maximum atomic E-state index is 14.0. The molecule has 5 fully saturated rings. The van der Waals surface area contributed by atoms with Crippen LogP contribution in [0.2, 0.25) is 0 Å². The number of carboxylic acid groups (broad SMARTS) is 1. The zero-order valence-corrected chi connectivity index (χ0v) is 64.1. The Balaban J connectivity index is 0.624. The zero-order valence-electron chi connectivity index (χ0n) is 63.3. The van der Waals surface area contributed by atoms with Gasteiger partial charge >= 0.3 is 42.0 Å². The van der Waals surface area contributed by atoms with Gasteiger partial charge in [0.15, 0.2) is 23.0 Å². The number of likely N-dealkylation sites (N-methyl/N-ethyl adjacent to an activating group) is 1. The van der Waals surface area contributed by atoms with Crippen molar-refractivity contribution in [3.8, 4) is 28.0 Å². The number of nitrogens with zero attached hydrogens (tertiary/aromatic N) is 6. The maximum absolute atomic E-state index is 14.0. The van der Waals surface area contributed by atoms with Crippen molar-refractivity contribution in [3.05, 3.63) is 172 Å². The maximum Gasteiger partial charge on any atom is 0.409 e. The molecule has 3 amide bonds. The largest absolute Gasteiger partial charge is 0.476 e. The normalized spacial score (nSPS) is 23.3. The Hall–Kier alpha value is -11.0. The third kappa shape index (κ3) is 16.9. The average Bonchev–Trinajstić information content (AvgIpc) is 1.01. The van der Waals surface area contributed by atoms with Crippen LogP contribution in [0.4, 0.5) is 26.2 Å². The third-order valence-electron chi connectivity index (χ3n) is 22.0. The van der Waals surface area contributed by atoms with Crippen LogP contribution in [0, 0.1) is 23.2 Å². The molecule has 111 heavy (non-hydrogen) atoms. The summed E-state index contributed by atoms with van der Waals surface area (Å²) in [4.78, 5) is 117. The van der Waals surface area contributed by atoms with Gasteiger partial charge in [0.25, 0.3) is 5.91 Å². The molecule has 7 atom stereocenters. The first kappa shape index (κ1) is 76.8. The number of rotatable bonds is 27. The molecule has 5 aliphatic carbocycles. The minimum atomic E-state index is -1.57. The average molecular weight is 1530 g/mol. The molecule has 7 aliphatic rings. The monoisotopic (exact) mass is 1530 g/mol. The van der Waals surface area contributed by atoms with Crippen molar-refractivity contribution in [1.29, 1.82) is 0 Å². The molecule has 3 aromatic heterocycles. The minimum Gasteiger partial charge on any atom is -0.476 e. The number of alkyl carbamates (subject to hydrolysis) is 1. The predicted octanol–water partition coefficient (Wildman–Crippen LogP) is 12.6. The standard InChI is InChI=1S/C83H91N9O18S/c1-48-61(59-26-28-69(88-70(59)75(98)99)91-32-29-54-17-15-22-60(62(54)37-91)74(97)89-77-87-64-23-13-14-24-68(64)111-77)36-86-92(48)47-82-42-80(6)41-81(7,43-82)45-83(44-80,46-82)105-34-33-90(8)79(101)104-38-53-25-27-66(109-76-73(108-52(5)96)72(107-51(4)95)71(106-50(3)94)67(110-76)40-102-49(2)93)65(35-53)84-30-16-31-85-78(100)103-39-63-57-20-11-9-18-55(57)56-19-10-12-21-58(56)63/h9-15,17-28,35-36,63,67,71-73,76,84H,16,29-34,37-47H2,1-8H3,(H,85,100)(H,98,99)(H,87,89,97)/t67-,71+,72+,73-,76-,80?,81?,82?,83?/m1/s1. The highest BCUT2D eigenvalue weighted by Crippen LogP contribution is 2.72. The Morgan fingerprint density at radius 3 is 2.12 bits per heavy atom. The van der Waals surface area contributed by atoms with Crippen LogP contribution < -0.4 is 25.6 Å².